The third kappa shape index (κ3) is 4.35. The molecule has 1 N–H and O–H groups in total. The Morgan fingerprint density at radius 1 is 1.19 bits per heavy atom. The van der Waals surface area contributed by atoms with Crippen molar-refractivity contribution in [2.45, 2.75) is 33.2 Å². The van der Waals surface area contributed by atoms with Gasteiger partial charge in [0.15, 0.2) is 5.76 Å². The number of amides is 1. The van der Waals surface area contributed by atoms with E-state index >= 15 is 0 Å². The molecule has 2 aromatic rings. The number of carbonyl (C=O) groups excluding carboxylic acids is 2. The van der Waals surface area contributed by atoms with Crippen molar-refractivity contribution < 1.29 is 19.4 Å². The molecule has 170 valence electrons. The van der Waals surface area contributed by atoms with Gasteiger partial charge in [-0.15, -0.1) is 11.3 Å². The first-order valence-electron chi connectivity index (χ1n) is 11.0. The number of aryl methyl sites for hydroxylation is 3. The van der Waals surface area contributed by atoms with Gasteiger partial charge >= 0.3 is 0 Å². The van der Waals surface area contributed by atoms with Gasteiger partial charge in [0.05, 0.1) is 40.4 Å². The smallest absolute Gasteiger partial charge is 0.290 e. The molecule has 1 aromatic heterocycles. The zero-order valence-corrected chi connectivity index (χ0v) is 19.6. The minimum atomic E-state index is -0.622. The first-order chi connectivity index (χ1) is 15.4. The predicted octanol–water partition coefficient (Wildman–Crippen LogP) is 3.23. The van der Waals surface area contributed by atoms with E-state index in [1.165, 1.54) is 16.9 Å². The Kier molecular flexibility index (Phi) is 6.74. The van der Waals surface area contributed by atoms with Crippen LogP contribution in [0.3, 0.4) is 0 Å². The largest absolute Gasteiger partial charge is 0.503 e. The Morgan fingerprint density at radius 3 is 2.47 bits per heavy atom. The van der Waals surface area contributed by atoms with Crippen LogP contribution in [0.5, 0.6) is 0 Å². The predicted molar refractivity (Wildman–Crippen MR) is 123 cm³/mol. The lowest BCUT2D eigenvalue weighted by Crippen LogP contribution is -2.43. The number of morpholine rings is 1. The van der Waals surface area contributed by atoms with Crippen LogP contribution >= 0.6 is 11.3 Å². The number of aliphatic hydroxyl groups is 1. The molecular formula is C24H29N3O4S. The van der Waals surface area contributed by atoms with Crippen molar-refractivity contribution in [3.05, 3.63) is 62.3 Å². The molecule has 1 saturated heterocycles. The maximum absolute atomic E-state index is 13.5. The maximum atomic E-state index is 13.5. The number of rotatable bonds is 7. The van der Waals surface area contributed by atoms with Gasteiger partial charge in [0.25, 0.3) is 5.91 Å². The van der Waals surface area contributed by atoms with E-state index in [-0.39, 0.29) is 11.4 Å². The molecule has 32 heavy (non-hydrogen) atoms. The topological polar surface area (TPSA) is 83.0 Å². The summed E-state index contributed by atoms with van der Waals surface area (Å²) in [4.78, 5) is 35.4. The van der Waals surface area contributed by atoms with Crippen molar-refractivity contribution in [2.75, 3.05) is 39.4 Å². The van der Waals surface area contributed by atoms with Crippen molar-refractivity contribution in [3.8, 4) is 0 Å². The number of aliphatic hydroxyl groups excluding tert-OH is 1. The second-order valence-corrected chi connectivity index (χ2v) is 9.39. The summed E-state index contributed by atoms with van der Waals surface area (Å²) in [5.74, 6) is -1.27. The van der Waals surface area contributed by atoms with Crippen LogP contribution in [-0.2, 0) is 16.0 Å². The number of ketones is 1. The van der Waals surface area contributed by atoms with E-state index in [1.807, 2.05) is 31.2 Å². The second kappa shape index (κ2) is 9.52. The van der Waals surface area contributed by atoms with E-state index in [1.54, 1.807) is 11.8 Å². The normalized spacial score (nSPS) is 19.8. The van der Waals surface area contributed by atoms with Crippen LogP contribution in [0.4, 0.5) is 0 Å². The third-order valence-corrected chi connectivity index (χ3v) is 7.19. The summed E-state index contributed by atoms with van der Waals surface area (Å²) in [5.41, 5.74) is 2.77. The van der Waals surface area contributed by atoms with E-state index in [2.05, 4.69) is 16.8 Å². The molecule has 2 aliphatic rings. The highest BCUT2D eigenvalue weighted by atomic mass is 32.1. The van der Waals surface area contributed by atoms with E-state index in [4.69, 9.17) is 4.74 Å². The lowest BCUT2D eigenvalue weighted by atomic mass is 9.94. The molecule has 0 aliphatic carbocycles. The van der Waals surface area contributed by atoms with Gasteiger partial charge in [-0.25, -0.2) is 4.98 Å². The molecule has 1 atom stereocenters. The first-order valence-corrected chi connectivity index (χ1v) is 11.8. The van der Waals surface area contributed by atoms with Gasteiger partial charge in [-0.3, -0.25) is 14.5 Å². The summed E-state index contributed by atoms with van der Waals surface area (Å²) in [7, 11) is 0. The summed E-state index contributed by atoms with van der Waals surface area (Å²) in [6, 6.07) is 7.31. The molecule has 1 amide bonds. The average Bonchev–Trinajstić information content (AvgIpc) is 3.28. The zero-order chi connectivity index (χ0) is 22.8. The fourth-order valence-electron chi connectivity index (χ4n) is 4.34. The maximum Gasteiger partial charge on any atom is 0.290 e. The number of aromatic nitrogens is 1. The number of carbonyl (C=O) groups is 2. The number of nitrogens with zero attached hydrogens (tertiary/aromatic N) is 3. The van der Waals surface area contributed by atoms with Gasteiger partial charge in [-0.05, 0) is 31.4 Å². The Labute approximate surface area is 192 Å². The number of benzene rings is 1. The zero-order valence-electron chi connectivity index (χ0n) is 18.8. The Hall–Kier alpha value is -2.55. The van der Waals surface area contributed by atoms with Gasteiger partial charge in [0, 0.05) is 26.2 Å². The number of ether oxygens (including phenoxy) is 1. The summed E-state index contributed by atoms with van der Waals surface area (Å²) in [6.45, 7) is 9.75. The standard InChI is InChI=1S/C24H29N3O4S/c1-4-17-5-7-18(8-6-17)20-19(21(28)23-15(2)25-16(3)32-23)22(29)24(30)27(20)10-9-26-11-13-31-14-12-26/h5-8,20,29H,4,9-14H2,1-3H3. The molecule has 3 heterocycles. The fraction of sp³-hybridized carbons (Fsp3) is 0.458. The van der Waals surface area contributed by atoms with Crippen molar-refractivity contribution in [3.63, 3.8) is 0 Å². The van der Waals surface area contributed by atoms with Gasteiger partial charge < -0.3 is 14.7 Å². The van der Waals surface area contributed by atoms with Crippen LogP contribution in [0.1, 0.15) is 44.5 Å². The molecule has 1 aromatic carbocycles. The molecule has 0 spiro atoms. The molecule has 1 unspecified atom stereocenters. The van der Waals surface area contributed by atoms with Crippen LogP contribution in [0, 0.1) is 13.8 Å². The fourth-order valence-corrected chi connectivity index (χ4v) is 5.21. The van der Waals surface area contributed by atoms with Crippen LogP contribution < -0.4 is 0 Å². The van der Waals surface area contributed by atoms with E-state index < -0.39 is 17.7 Å². The van der Waals surface area contributed by atoms with Crippen LogP contribution in [0.15, 0.2) is 35.6 Å². The number of thiazole rings is 1. The molecule has 4 rings (SSSR count). The first kappa shape index (κ1) is 22.6. The van der Waals surface area contributed by atoms with Gasteiger partial charge in [-0.1, -0.05) is 31.2 Å². The summed E-state index contributed by atoms with van der Waals surface area (Å²) >= 11 is 1.30. The Bertz CT molecular complexity index is 1040. The summed E-state index contributed by atoms with van der Waals surface area (Å²) in [6.07, 6.45) is 0.900. The number of Topliss-reactive ketones (excluding diaryl/α,β-unsaturated/α-hetero) is 1. The molecule has 0 radical (unpaired) electrons. The van der Waals surface area contributed by atoms with Crippen LogP contribution in [0.2, 0.25) is 0 Å². The number of hydrogen-bond acceptors (Lipinski definition) is 7. The molecular weight excluding hydrogens is 426 g/mol. The SMILES string of the molecule is CCc1ccc(C2C(C(=O)c3sc(C)nc3C)=C(O)C(=O)N2CCN2CCOCC2)cc1. The molecule has 8 heteroatoms. The lowest BCUT2D eigenvalue weighted by molar-refractivity contribution is -0.129. The van der Waals surface area contributed by atoms with E-state index in [0.717, 1.165) is 30.1 Å². The van der Waals surface area contributed by atoms with Crippen molar-refractivity contribution >= 4 is 23.0 Å². The highest BCUT2D eigenvalue weighted by Crippen LogP contribution is 2.40. The van der Waals surface area contributed by atoms with Gasteiger partial charge in [0.1, 0.15) is 0 Å². The molecule has 7 nitrogen and oxygen atoms in total. The molecule has 0 saturated carbocycles. The quantitative estimate of drug-likeness (QED) is 0.646. The van der Waals surface area contributed by atoms with E-state index in [9.17, 15) is 14.7 Å². The van der Waals surface area contributed by atoms with Crippen LogP contribution in [-0.4, -0.2) is 71.0 Å². The highest BCUT2D eigenvalue weighted by Gasteiger charge is 2.44. The highest BCUT2D eigenvalue weighted by molar-refractivity contribution is 7.14. The minimum absolute atomic E-state index is 0.146. The Balaban J connectivity index is 1.69. The minimum Gasteiger partial charge on any atom is -0.503 e. The van der Waals surface area contributed by atoms with E-state index in [0.29, 0.717) is 36.9 Å². The average molecular weight is 456 g/mol. The molecule has 2 aliphatic heterocycles. The van der Waals surface area contributed by atoms with Crippen LogP contribution in [0.25, 0.3) is 0 Å². The number of hydrogen-bond donors (Lipinski definition) is 1. The second-order valence-electron chi connectivity index (χ2n) is 8.19. The molecule has 1 fully saturated rings. The van der Waals surface area contributed by atoms with Crippen molar-refractivity contribution in [1.82, 2.24) is 14.8 Å². The summed E-state index contributed by atoms with van der Waals surface area (Å²) < 4.78 is 5.41. The third-order valence-electron chi connectivity index (χ3n) is 6.12. The summed E-state index contributed by atoms with van der Waals surface area (Å²) in [5, 5.41) is 11.6. The molecule has 0 bridgehead atoms. The van der Waals surface area contributed by atoms with Crippen molar-refractivity contribution in [1.29, 1.82) is 0 Å². The van der Waals surface area contributed by atoms with Crippen molar-refractivity contribution in [2.24, 2.45) is 0 Å². The van der Waals surface area contributed by atoms with Gasteiger partial charge in [0.2, 0.25) is 5.78 Å². The monoisotopic (exact) mass is 455 g/mol. The lowest BCUT2D eigenvalue weighted by Gasteiger charge is -2.31. The Morgan fingerprint density at radius 2 is 1.88 bits per heavy atom. The van der Waals surface area contributed by atoms with Gasteiger partial charge in [-0.2, -0.15) is 0 Å².